The van der Waals surface area contributed by atoms with Crippen molar-refractivity contribution in [2.24, 2.45) is 0 Å². The van der Waals surface area contributed by atoms with Crippen molar-refractivity contribution >= 4 is 17.8 Å². The van der Waals surface area contributed by atoms with Gasteiger partial charge >= 0.3 is 5.97 Å². The van der Waals surface area contributed by atoms with Gasteiger partial charge in [0.1, 0.15) is 11.5 Å². The minimum absolute atomic E-state index is 0.0315. The number of rotatable bonds is 4. The molecular weight excluding hydrogens is 272 g/mol. The molecule has 0 aliphatic rings. The Labute approximate surface area is 120 Å². The molecule has 2 aromatic rings. The Morgan fingerprint density at radius 3 is 2.33 bits per heavy atom. The van der Waals surface area contributed by atoms with Crippen molar-refractivity contribution in [2.75, 3.05) is 0 Å². The van der Waals surface area contributed by atoms with Crippen LogP contribution in [0.5, 0.6) is 11.5 Å². The molecule has 5 nitrogen and oxygen atoms in total. The molecule has 0 amide bonds. The second-order valence-corrected chi connectivity index (χ2v) is 4.29. The van der Waals surface area contributed by atoms with E-state index in [-0.39, 0.29) is 22.6 Å². The number of ketones is 1. The molecule has 0 saturated heterocycles. The lowest BCUT2D eigenvalue weighted by molar-refractivity contribution is -0.131. The predicted octanol–water partition coefficient (Wildman–Crippen LogP) is 2.43. The van der Waals surface area contributed by atoms with E-state index in [2.05, 4.69) is 0 Å². The van der Waals surface area contributed by atoms with E-state index in [1.807, 2.05) is 0 Å². The van der Waals surface area contributed by atoms with Crippen LogP contribution in [0.2, 0.25) is 0 Å². The van der Waals surface area contributed by atoms with Crippen molar-refractivity contribution in [1.29, 1.82) is 0 Å². The number of aliphatic carboxylic acids is 1. The molecule has 106 valence electrons. The molecular formula is C16H12O5. The van der Waals surface area contributed by atoms with Crippen molar-refractivity contribution in [3.8, 4) is 11.5 Å². The third-order valence-electron chi connectivity index (χ3n) is 2.84. The second kappa shape index (κ2) is 5.92. The number of carboxylic acids is 1. The maximum Gasteiger partial charge on any atom is 0.328 e. The zero-order valence-electron chi connectivity index (χ0n) is 10.9. The van der Waals surface area contributed by atoms with Crippen LogP contribution < -0.4 is 0 Å². The van der Waals surface area contributed by atoms with Gasteiger partial charge in [0.2, 0.25) is 0 Å². The molecule has 0 radical (unpaired) electrons. The minimum Gasteiger partial charge on any atom is -0.508 e. The van der Waals surface area contributed by atoms with Gasteiger partial charge in [-0.2, -0.15) is 0 Å². The number of phenolic OH excluding ortho intramolecular Hbond substituents is 2. The molecule has 0 spiro atoms. The standard InChI is InChI=1S/C16H12O5/c17-11-6-7-13(14(18)9-11)16(21)12-4-2-1-3-10(12)5-8-15(19)20/h1-9,17-18H,(H,19,20). The maximum atomic E-state index is 12.4. The van der Waals surface area contributed by atoms with E-state index in [0.717, 1.165) is 12.1 Å². The van der Waals surface area contributed by atoms with Gasteiger partial charge in [-0.1, -0.05) is 24.3 Å². The highest BCUT2D eigenvalue weighted by Crippen LogP contribution is 2.26. The fourth-order valence-corrected chi connectivity index (χ4v) is 1.87. The van der Waals surface area contributed by atoms with Gasteiger partial charge in [-0.25, -0.2) is 4.79 Å². The Morgan fingerprint density at radius 1 is 0.952 bits per heavy atom. The van der Waals surface area contributed by atoms with Crippen molar-refractivity contribution in [1.82, 2.24) is 0 Å². The van der Waals surface area contributed by atoms with Crippen LogP contribution in [0.25, 0.3) is 6.08 Å². The van der Waals surface area contributed by atoms with Gasteiger partial charge < -0.3 is 15.3 Å². The summed E-state index contributed by atoms with van der Waals surface area (Å²) in [5.41, 5.74) is 0.720. The van der Waals surface area contributed by atoms with Crippen LogP contribution in [0.4, 0.5) is 0 Å². The fourth-order valence-electron chi connectivity index (χ4n) is 1.87. The monoisotopic (exact) mass is 284 g/mol. The van der Waals surface area contributed by atoms with Gasteiger partial charge in [0.25, 0.3) is 0 Å². The van der Waals surface area contributed by atoms with Crippen molar-refractivity contribution < 1.29 is 24.9 Å². The van der Waals surface area contributed by atoms with Gasteiger partial charge in [0.15, 0.2) is 5.78 Å². The van der Waals surface area contributed by atoms with E-state index in [4.69, 9.17) is 5.11 Å². The number of aromatic hydroxyl groups is 2. The highest BCUT2D eigenvalue weighted by molar-refractivity contribution is 6.12. The second-order valence-electron chi connectivity index (χ2n) is 4.29. The molecule has 0 aliphatic heterocycles. The zero-order valence-corrected chi connectivity index (χ0v) is 10.9. The molecule has 0 bridgehead atoms. The summed E-state index contributed by atoms with van der Waals surface area (Å²) in [7, 11) is 0. The topological polar surface area (TPSA) is 94.8 Å². The minimum atomic E-state index is -1.12. The molecule has 0 atom stereocenters. The SMILES string of the molecule is O=C(O)C=Cc1ccccc1C(=O)c1ccc(O)cc1O. The van der Waals surface area contributed by atoms with E-state index in [9.17, 15) is 19.8 Å². The Balaban J connectivity index is 2.46. The van der Waals surface area contributed by atoms with E-state index in [1.54, 1.807) is 18.2 Å². The smallest absolute Gasteiger partial charge is 0.328 e. The first-order valence-electron chi connectivity index (χ1n) is 6.06. The molecule has 5 heteroatoms. The third-order valence-corrected chi connectivity index (χ3v) is 2.84. The summed E-state index contributed by atoms with van der Waals surface area (Å²) in [4.78, 5) is 23.0. The molecule has 0 saturated carbocycles. The highest BCUT2D eigenvalue weighted by atomic mass is 16.4. The van der Waals surface area contributed by atoms with Crippen LogP contribution in [0.3, 0.4) is 0 Å². The van der Waals surface area contributed by atoms with Gasteiger partial charge in [0, 0.05) is 17.7 Å². The summed E-state index contributed by atoms with van der Waals surface area (Å²) in [5.74, 6) is -2.07. The average molecular weight is 284 g/mol. The first-order valence-corrected chi connectivity index (χ1v) is 6.06. The fraction of sp³-hybridized carbons (Fsp3) is 0. The Morgan fingerprint density at radius 2 is 1.67 bits per heavy atom. The molecule has 3 N–H and O–H groups in total. The summed E-state index contributed by atoms with van der Waals surface area (Å²) >= 11 is 0. The predicted molar refractivity (Wildman–Crippen MR) is 76.3 cm³/mol. The van der Waals surface area contributed by atoms with Gasteiger partial charge in [-0.15, -0.1) is 0 Å². The number of benzene rings is 2. The summed E-state index contributed by atoms with van der Waals surface area (Å²) in [5, 5.41) is 27.6. The van der Waals surface area contributed by atoms with Crippen molar-refractivity contribution in [2.45, 2.75) is 0 Å². The first kappa shape index (κ1) is 14.3. The zero-order chi connectivity index (χ0) is 15.4. The van der Waals surface area contributed by atoms with E-state index in [0.29, 0.717) is 5.56 Å². The van der Waals surface area contributed by atoms with E-state index in [1.165, 1.54) is 24.3 Å². The normalized spacial score (nSPS) is 10.7. The summed E-state index contributed by atoms with van der Waals surface area (Å²) < 4.78 is 0. The third kappa shape index (κ3) is 3.27. The Kier molecular flexibility index (Phi) is 4.04. The largest absolute Gasteiger partial charge is 0.508 e. The number of phenols is 2. The lowest BCUT2D eigenvalue weighted by atomic mass is 9.97. The summed E-state index contributed by atoms with van der Waals surface area (Å²) in [6, 6.07) is 10.1. The van der Waals surface area contributed by atoms with Crippen LogP contribution in [-0.4, -0.2) is 27.1 Å². The maximum absolute atomic E-state index is 12.4. The Bertz CT molecular complexity index is 731. The van der Waals surface area contributed by atoms with Gasteiger partial charge in [-0.05, 0) is 23.8 Å². The van der Waals surface area contributed by atoms with Crippen LogP contribution in [0, 0.1) is 0 Å². The number of hydrogen-bond acceptors (Lipinski definition) is 4. The van der Waals surface area contributed by atoms with Crippen LogP contribution in [0.15, 0.2) is 48.5 Å². The highest BCUT2D eigenvalue weighted by Gasteiger charge is 2.16. The quantitative estimate of drug-likeness (QED) is 0.592. The number of carboxylic acid groups (broad SMARTS) is 1. The molecule has 0 aromatic heterocycles. The van der Waals surface area contributed by atoms with Crippen LogP contribution >= 0.6 is 0 Å². The number of carbonyl (C=O) groups excluding carboxylic acids is 1. The van der Waals surface area contributed by atoms with Crippen LogP contribution in [-0.2, 0) is 4.79 Å². The Hall–Kier alpha value is -3.08. The molecule has 21 heavy (non-hydrogen) atoms. The van der Waals surface area contributed by atoms with E-state index < -0.39 is 11.8 Å². The van der Waals surface area contributed by atoms with Crippen molar-refractivity contribution in [3.05, 3.63) is 65.2 Å². The summed E-state index contributed by atoms with van der Waals surface area (Å²) in [6.45, 7) is 0. The van der Waals surface area contributed by atoms with Crippen molar-refractivity contribution in [3.63, 3.8) is 0 Å². The average Bonchev–Trinajstić information content (AvgIpc) is 2.45. The molecule has 2 aromatic carbocycles. The molecule has 0 fully saturated rings. The lowest BCUT2D eigenvalue weighted by Crippen LogP contribution is -2.04. The van der Waals surface area contributed by atoms with Crippen LogP contribution in [0.1, 0.15) is 21.5 Å². The number of carbonyl (C=O) groups is 2. The van der Waals surface area contributed by atoms with E-state index >= 15 is 0 Å². The molecule has 2 rings (SSSR count). The first-order chi connectivity index (χ1) is 9.99. The molecule has 0 unspecified atom stereocenters. The lowest BCUT2D eigenvalue weighted by Gasteiger charge is -2.07. The van der Waals surface area contributed by atoms with Gasteiger partial charge in [-0.3, -0.25) is 4.79 Å². The molecule has 0 aliphatic carbocycles. The van der Waals surface area contributed by atoms with Gasteiger partial charge in [0.05, 0.1) is 5.56 Å². The number of hydrogen-bond donors (Lipinski definition) is 3. The summed E-state index contributed by atoms with van der Waals surface area (Å²) in [6.07, 6.45) is 2.25. The molecule has 0 heterocycles.